The van der Waals surface area contributed by atoms with Gasteiger partial charge in [0.05, 0.1) is 6.04 Å². The average Bonchev–Trinajstić information content (AvgIpc) is 2.74. The monoisotopic (exact) mass is 201 g/mol. The lowest BCUT2D eigenvalue weighted by molar-refractivity contribution is 0.174. The molecule has 1 saturated heterocycles. The van der Waals surface area contributed by atoms with Gasteiger partial charge in [0.15, 0.2) is 5.82 Å². The van der Waals surface area contributed by atoms with Crippen LogP contribution in [0.4, 0.5) is 4.39 Å². The molecule has 0 unspecified atom stereocenters. The van der Waals surface area contributed by atoms with Crippen molar-refractivity contribution < 1.29 is 13.7 Å². The second-order valence-electron chi connectivity index (χ2n) is 3.28. The van der Waals surface area contributed by atoms with E-state index in [2.05, 4.69) is 15.5 Å². The van der Waals surface area contributed by atoms with Crippen LogP contribution in [0.3, 0.4) is 0 Å². The molecule has 1 aliphatic rings. The third-order valence-corrected chi connectivity index (χ3v) is 2.13. The van der Waals surface area contributed by atoms with Crippen molar-refractivity contribution >= 4 is 0 Å². The van der Waals surface area contributed by atoms with Gasteiger partial charge >= 0.3 is 0 Å². The van der Waals surface area contributed by atoms with Crippen molar-refractivity contribution in [3.63, 3.8) is 0 Å². The lowest BCUT2D eigenvalue weighted by Crippen LogP contribution is -2.14. The third-order valence-electron chi connectivity index (χ3n) is 2.13. The first-order chi connectivity index (χ1) is 6.79. The lowest BCUT2D eigenvalue weighted by atomic mass is 10.2. The Labute approximate surface area is 80.6 Å². The lowest BCUT2D eigenvalue weighted by Gasteiger charge is -2.00. The van der Waals surface area contributed by atoms with Gasteiger partial charge in [-0.2, -0.15) is 4.98 Å². The Morgan fingerprint density at radius 3 is 3.21 bits per heavy atom. The molecule has 0 aliphatic carbocycles. The summed E-state index contributed by atoms with van der Waals surface area (Å²) in [6.07, 6.45) is -0.424. The van der Waals surface area contributed by atoms with Crippen LogP contribution in [0.2, 0.25) is 0 Å². The van der Waals surface area contributed by atoms with E-state index in [4.69, 9.17) is 9.26 Å². The SMILES string of the molecule is COCc1noc([C@@H]2C[C@H](F)CN2)n1. The Hall–Kier alpha value is -1.01. The first-order valence-electron chi connectivity index (χ1n) is 4.48. The summed E-state index contributed by atoms with van der Waals surface area (Å²) in [7, 11) is 1.56. The summed E-state index contributed by atoms with van der Waals surface area (Å²) in [5.74, 6) is 0.934. The molecule has 2 atom stereocenters. The number of methoxy groups -OCH3 is 1. The van der Waals surface area contributed by atoms with Crippen molar-refractivity contribution in [2.24, 2.45) is 0 Å². The third kappa shape index (κ3) is 1.91. The van der Waals surface area contributed by atoms with Gasteiger partial charge in [0, 0.05) is 20.1 Å². The maximum Gasteiger partial charge on any atom is 0.243 e. The number of nitrogens with one attached hydrogen (secondary N) is 1. The van der Waals surface area contributed by atoms with Gasteiger partial charge in [-0.05, 0) is 0 Å². The highest BCUT2D eigenvalue weighted by Gasteiger charge is 2.29. The van der Waals surface area contributed by atoms with Crippen molar-refractivity contribution in [3.8, 4) is 0 Å². The van der Waals surface area contributed by atoms with Crippen LogP contribution in [-0.2, 0) is 11.3 Å². The van der Waals surface area contributed by atoms with Gasteiger partial charge in [0.25, 0.3) is 0 Å². The van der Waals surface area contributed by atoms with E-state index in [9.17, 15) is 4.39 Å². The Bertz CT molecular complexity index is 305. The van der Waals surface area contributed by atoms with E-state index >= 15 is 0 Å². The molecule has 5 nitrogen and oxygen atoms in total. The van der Waals surface area contributed by atoms with Crippen LogP contribution in [0.15, 0.2) is 4.52 Å². The highest BCUT2D eigenvalue weighted by Crippen LogP contribution is 2.23. The fourth-order valence-electron chi connectivity index (χ4n) is 1.48. The number of ether oxygens (including phenoxy) is 1. The summed E-state index contributed by atoms with van der Waals surface area (Å²) in [5, 5.41) is 6.67. The fraction of sp³-hybridized carbons (Fsp3) is 0.750. The van der Waals surface area contributed by atoms with Crippen LogP contribution < -0.4 is 5.32 Å². The van der Waals surface area contributed by atoms with Crippen molar-refractivity contribution in [2.75, 3.05) is 13.7 Å². The molecular formula is C8H12FN3O2. The molecule has 1 N–H and O–H groups in total. The van der Waals surface area contributed by atoms with Crippen LogP contribution in [-0.4, -0.2) is 30.0 Å². The zero-order valence-corrected chi connectivity index (χ0v) is 7.86. The molecule has 1 aromatic heterocycles. The van der Waals surface area contributed by atoms with E-state index in [-0.39, 0.29) is 6.04 Å². The van der Waals surface area contributed by atoms with Gasteiger partial charge in [0.1, 0.15) is 12.8 Å². The molecular weight excluding hydrogens is 189 g/mol. The van der Waals surface area contributed by atoms with E-state index in [1.165, 1.54) is 0 Å². The van der Waals surface area contributed by atoms with Gasteiger partial charge in [-0.15, -0.1) is 0 Å². The van der Waals surface area contributed by atoms with E-state index in [1.54, 1.807) is 7.11 Å². The summed E-state index contributed by atoms with van der Waals surface area (Å²) in [6, 6.07) is -0.150. The minimum absolute atomic E-state index is 0.150. The molecule has 0 radical (unpaired) electrons. The van der Waals surface area contributed by atoms with Gasteiger partial charge in [-0.25, -0.2) is 4.39 Å². The highest BCUT2D eigenvalue weighted by molar-refractivity contribution is 4.96. The zero-order chi connectivity index (χ0) is 9.97. The van der Waals surface area contributed by atoms with Crippen LogP contribution in [0.25, 0.3) is 0 Å². The van der Waals surface area contributed by atoms with E-state index in [0.29, 0.717) is 31.3 Å². The van der Waals surface area contributed by atoms with Crippen LogP contribution >= 0.6 is 0 Å². The molecule has 0 aromatic carbocycles. The molecule has 0 amide bonds. The molecule has 2 rings (SSSR count). The molecule has 2 heterocycles. The minimum atomic E-state index is -0.822. The topological polar surface area (TPSA) is 60.2 Å². The number of aromatic nitrogens is 2. The first-order valence-corrected chi connectivity index (χ1v) is 4.48. The van der Waals surface area contributed by atoms with E-state index in [0.717, 1.165) is 0 Å². The zero-order valence-electron chi connectivity index (χ0n) is 7.86. The standard InChI is InChI=1S/C8H12FN3O2/c1-13-4-7-11-8(14-12-7)6-2-5(9)3-10-6/h5-6,10H,2-4H2,1H3/t5-,6-/m0/s1. The Kier molecular flexibility index (Phi) is 2.74. The summed E-state index contributed by atoms with van der Waals surface area (Å²) >= 11 is 0. The first kappa shape index (κ1) is 9.54. The number of halogens is 1. The van der Waals surface area contributed by atoms with Crippen molar-refractivity contribution in [1.29, 1.82) is 0 Å². The van der Waals surface area contributed by atoms with Crippen LogP contribution in [0.1, 0.15) is 24.2 Å². The number of alkyl halides is 1. The van der Waals surface area contributed by atoms with E-state index < -0.39 is 6.17 Å². The predicted octanol–water partition coefficient (Wildman–Crippen LogP) is 0.589. The van der Waals surface area contributed by atoms with Gasteiger partial charge in [0.2, 0.25) is 5.89 Å². The summed E-state index contributed by atoms with van der Waals surface area (Å²) in [4.78, 5) is 4.08. The summed E-state index contributed by atoms with van der Waals surface area (Å²) in [6.45, 7) is 0.669. The largest absolute Gasteiger partial charge is 0.377 e. The Morgan fingerprint density at radius 1 is 1.71 bits per heavy atom. The molecule has 6 heteroatoms. The predicted molar refractivity (Wildman–Crippen MR) is 45.3 cm³/mol. The highest BCUT2D eigenvalue weighted by atomic mass is 19.1. The molecule has 1 aromatic rings. The average molecular weight is 201 g/mol. The normalized spacial score (nSPS) is 27.0. The van der Waals surface area contributed by atoms with Crippen molar-refractivity contribution in [1.82, 2.24) is 15.5 Å². The molecule has 1 aliphatic heterocycles. The van der Waals surface area contributed by atoms with Gasteiger partial charge in [-0.3, -0.25) is 0 Å². The molecule has 0 saturated carbocycles. The quantitative estimate of drug-likeness (QED) is 0.775. The molecule has 1 fully saturated rings. The molecule has 14 heavy (non-hydrogen) atoms. The van der Waals surface area contributed by atoms with Crippen molar-refractivity contribution in [3.05, 3.63) is 11.7 Å². The second-order valence-corrected chi connectivity index (χ2v) is 3.28. The summed E-state index contributed by atoms with van der Waals surface area (Å²) < 4.78 is 22.7. The van der Waals surface area contributed by atoms with Crippen LogP contribution in [0, 0.1) is 0 Å². The number of hydrogen-bond donors (Lipinski definition) is 1. The number of nitrogens with zero attached hydrogens (tertiary/aromatic N) is 2. The van der Waals surface area contributed by atoms with Crippen molar-refractivity contribution in [2.45, 2.75) is 25.2 Å². The maximum atomic E-state index is 12.8. The molecule has 78 valence electrons. The van der Waals surface area contributed by atoms with Gasteiger partial charge in [-0.1, -0.05) is 5.16 Å². The Balaban J connectivity index is 2.02. The second kappa shape index (κ2) is 4.02. The number of hydrogen-bond acceptors (Lipinski definition) is 5. The van der Waals surface area contributed by atoms with Gasteiger partial charge < -0.3 is 14.6 Å². The summed E-state index contributed by atoms with van der Waals surface area (Å²) in [5.41, 5.74) is 0. The Morgan fingerprint density at radius 2 is 2.57 bits per heavy atom. The number of rotatable bonds is 3. The van der Waals surface area contributed by atoms with Crippen LogP contribution in [0.5, 0.6) is 0 Å². The maximum absolute atomic E-state index is 12.8. The minimum Gasteiger partial charge on any atom is -0.377 e. The molecule has 0 spiro atoms. The fourth-order valence-corrected chi connectivity index (χ4v) is 1.48. The smallest absolute Gasteiger partial charge is 0.243 e. The van der Waals surface area contributed by atoms with E-state index in [1.807, 2.05) is 0 Å². The molecule has 0 bridgehead atoms.